The summed E-state index contributed by atoms with van der Waals surface area (Å²) in [6.45, 7) is 12.9. The van der Waals surface area contributed by atoms with Gasteiger partial charge >= 0.3 is 0 Å². The minimum absolute atomic E-state index is 0.259. The van der Waals surface area contributed by atoms with Gasteiger partial charge in [-0.25, -0.2) is 0 Å². The van der Waals surface area contributed by atoms with Crippen molar-refractivity contribution in [3.05, 3.63) is 18.0 Å². The van der Waals surface area contributed by atoms with Gasteiger partial charge in [0.25, 0.3) is 0 Å². The number of hydrogen-bond donors (Lipinski definition) is 1. The van der Waals surface area contributed by atoms with Crippen LogP contribution in [-0.4, -0.2) is 39.5 Å². The molecule has 1 rings (SSSR count). The number of hydrogen-bond acceptors (Lipinski definition) is 3. The fourth-order valence-electron chi connectivity index (χ4n) is 2.10. The van der Waals surface area contributed by atoms with Gasteiger partial charge in [-0.3, -0.25) is 9.58 Å². The van der Waals surface area contributed by atoms with Crippen LogP contribution < -0.4 is 0 Å². The molecule has 0 radical (unpaired) electrons. The van der Waals surface area contributed by atoms with Crippen LogP contribution in [0.4, 0.5) is 0 Å². The van der Waals surface area contributed by atoms with Gasteiger partial charge in [-0.05, 0) is 18.8 Å². The number of aliphatic hydroxyl groups is 1. The molecule has 0 amide bonds. The summed E-state index contributed by atoms with van der Waals surface area (Å²) < 4.78 is 1.96. The molecule has 0 spiro atoms. The van der Waals surface area contributed by atoms with Gasteiger partial charge in [0.2, 0.25) is 0 Å². The van der Waals surface area contributed by atoms with Crippen molar-refractivity contribution in [3.8, 4) is 0 Å². The Morgan fingerprint density at radius 3 is 2.61 bits per heavy atom. The van der Waals surface area contributed by atoms with Crippen LogP contribution in [0, 0.1) is 5.41 Å². The Bertz CT molecular complexity index is 341. The molecule has 0 fully saturated rings. The minimum atomic E-state index is 0.259. The topological polar surface area (TPSA) is 41.3 Å². The molecule has 0 unspecified atom stereocenters. The van der Waals surface area contributed by atoms with E-state index in [1.165, 1.54) is 5.56 Å². The quantitative estimate of drug-likeness (QED) is 0.809. The van der Waals surface area contributed by atoms with E-state index in [-0.39, 0.29) is 12.0 Å². The highest BCUT2D eigenvalue weighted by Crippen LogP contribution is 2.17. The smallest absolute Gasteiger partial charge is 0.0534 e. The summed E-state index contributed by atoms with van der Waals surface area (Å²) in [6, 6.07) is 0. The van der Waals surface area contributed by atoms with Gasteiger partial charge in [0.05, 0.1) is 6.20 Å². The highest BCUT2D eigenvalue weighted by molar-refractivity contribution is 5.03. The van der Waals surface area contributed by atoms with E-state index in [9.17, 15) is 0 Å². The van der Waals surface area contributed by atoms with Crippen molar-refractivity contribution in [1.82, 2.24) is 14.7 Å². The summed E-state index contributed by atoms with van der Waals surface area (Å²) in [5, 5.41) is 13.3. The average molecular weight is 253 g/mol. The number of rotatable bonds is 7. The molecule has 1 N–H and O–H groups in total. The number of nitrogens with zero attached hydrogens (tertiary/aromatic N) is 3. The Hall–Kier alpha value is -0.870. The molecule has 0 aliphatic carbocycles. The Morgan fingerprint density at radius 2 is 2.11 bits per heavy atom. The van der Waals surface area contributed by atoms with Gasteiger partial charge in [0.1, 0.15) is 0 Å². The van der Waals surface area contributed by atoms with E-state index in [4.69, 9.17) is 5.11 Å². The molecular formula is C14H27N3O. The van der Waals surface area contributed by atoms with E-state index >= 15 is 0 Å². The molecule has 1 aromatic rings. The monoisotopic (exact) mass is 253 g/mol. The Morgan fingerprint density at radius 1 is 1.39 bits per heavy atom. The van der Waals surface area contributed by atoms with Gasteiger partial charge in [0, 0.05) is 44.5 Å². The maximum atomic E-state index is 8.98. The van der Waals surface area contributed by atoms with E-state index < -0.39 is 0 Å². The first-order valence-electron chi connectivity index (χ1n) is 6.79. The molecule has 1 heterocycles. The van der Waals surface area contributed by atoms with Crippen LogP contribution in [0.15, 0.2) is 12.4 Å². The van der Waals surface area contributed by atoms with Crippen molar-refractivity contribution in [1.29, 1.82) is 0 Å². The van der Waals surface area contributed by atoms with Crippen LogP contribution in [0.2, 0.25) is 0 Å². The van der Waals surface area contributed by atoms with Crippen molar-refractivity contribution >= 4 is 0 Å². The molecule has 4 heteroatoms. The lowest BCUT2D eigenvalue weighted by atomic mass is 9.96. The van der Waals surface area contributed by atoms with Crippen LogP contribution in [0.25, 0.3) is 0 Å². The van der Waals surface area contributed by atoms with E-state index in [1.54, 1.807) is 0 Å². The molecule has 18 heavy (non-hydrogen) atoms. The molecular weight excluding hydrogens is 226 g/mol. The third-order valence-electron chi connectivity index (χ3n) is 2.75. The second kappa shape index (κ2) is 6.90. The lowest BCUT2D eigenvalue weighted by molar-refractivity contribution is 0.166. The Balaban J connectivity index is 2.59. The second-order valence-corrected chi connectivity index (χ2v) is 6.05. The molecule has 0 saturated carbocycles. The summed E-state index contributed by atoms with van der Waals surface area (Å²) in [5.41, 5.74) is 1.52. The Labute approximate surface area is 111 Å². The second-order valence-electron chi connectivity index (χ2n) is 6.05. The fourth-order valence-corrected chi connectivity index (χ4v) is 2.10. The first kappa shape index (κ1) is 15.2. The summed E-state index contributed by atoms with van der Waals surface area (Å²) in [5.74, 6) is 0. The largest absolute Gasteiger partial charge is 0.396 e. The summed E-state index contributed by atoms with van der Waals surface area (Å²) in [6.07, 6.45) is 4.88. The van der Waals surface area contributed by atoms with Gasteiger partial charge in [-0.15, -0.1) is 0 Å². The third-order valence-corrected chi connectivity index (χ3v) is 2.75. The van der Waals surface area contributed by atoms with E-state index in [0.29, 0.717) is 0 Å². The maximum absolute atomic E-state index is 8.98. The van der Waals surface area contributed by atoms with Crippen LogP contribution >= 0.6 is 0 Å². The highest BCUT2D eigenvalue weighted by atomic mass is 16.3. The van der Waals surface area contributed by atoms with Gasteiger partial charge in [-0.2, -0.15) is 5.10 Å². The third kappa shape index (κ3) is 5.65. The number of aromatic nitrogens is 2. The molecule has 0 aromatic carbocycles. The van der Waals surface area contributed by atoms with Crippen LogP contribution in [-0.2, 0) is 13.1 Å². The number of aryl methyl sites for hydroxylation is 1. The van der Waals surface area contributed by atoms with Crippen molar-refractivity contribution < 1.29 is 5.11 Å². The van der Waals surface area contributed by atoms with Crippen molar-refractivity contribution in [2.75, 3.05) is 19.7 Å². The van der Waals surface area contributed by atoms with Crippen molar-refractivity contribution in [2.45, 2.75) is 47.2 Å². The van der Waals surface area contributed by atoms with E-state index in [0.717, 1.165) is 32.6 Å². The first-order chi connectivity index (χ1) is 8.44. The number of aliphatic hydroxyl groups excluding tert-OH is 1. The lowest BCUT2D eigenvalue weighted by Gasteiger charge is -2.29. The zero-order valence-electron chi connectivity index (χ0n) is 12.2. The summed E-state index contributed by atoms with van der Waals surface area (Å²) >= 11 is 0. The van der Waals surface area contributed by atoms with E-state index in [1.807, 2.05) is 10.9 Å². The summed E-state index contributed by atoms with van der Waals surface area (Å²) in [4.78, 5) is 2.40. The zero-order valence-corrected chi connectivity index (χ0v) is 12.2. The SMILES string of the molecule is CCn1cc(CN(CCCO)CC(C)(C)C)cn1. The van der Waals surface area contributed by atoms with E-state index in [2.05, 4.69) is 43.9 Å². The predicted molar refractivity (Wildman–Crippen MR) is 74.3 cm³/mol. The molecule has 0 aliphatic rings. The van der Waals surface area contributed by atoms with Gasteiger partial charge in [-0.1, -0.05) is 20.8 Å². The zero-order chi connectivity index (χ0) is 13.6. The first-order valence-corrected chi connectivity index (χ1v) is 6.79. The molecule has 104 valence electrons. The molecule has 0 bridgehead atoms. The standard InChI is InChI=1S/C14H27N3O/c1-5-17-11-13(9-15-17)10-16(7-6-8-18)12-14(2,3)4/h9,11,18H,5-8,10,12H2,1-4H3. The van der Waals surface area contributed by atoms with Crippen molar-refractivity contribution in [3.63, 3.8) is 0 Å². The van der Waals surface area contributed by atoms with Crippen LogP contribution in [0.1, 0.15) is 39.7 Å². The molecule has 0 aliphatic heterocycles. The van der Waals surface area contributed by atoms with Crippen LogP contribution in [0.5, 0.6) is 0 Å². The predicted octanol–water partition coefficient (Wildman–Crippen LogP) is 2.13. The molecule has 1 aromatic heterocycles. The molecule has 0 saturated heterocycles. The Kier molecular flexibility index (Phi) is 5.82. The van der Waals surface area contributed by atoms with Crippen molar-refractivity contribution in [2.24, 2.45) is 5.41 Å². The normalized spacial score (nSPS) is 12.3. The van der Waals surface area contributed by atoms with Gasteiger partial charge in [0.15, 0.2) is 0 Å². The average Bonchev–Trinajstić information content (AvgIpc) is 2.71. The lowest BCUT2D eigenvalue weighted by Crippen LogP contribution is -2.33. The highest BCUT2D eigenvalue weighted by Gasteiger charge is 2.16. The van der Waals surface area contributed by atoms with Gasteiger partial charge < -0.3 is 5.11 Å². The molecule has 0 atom stereocenters. The maximum Gasteiger partial charge on any atom is 0.0534 e. The van der Waals surface area contributed by atoms with Crippen LogP contribution in [0.3, 0.4) is 0 Å². The molecule has 4 nitrogen and oxygen atoms in total. The fraction of sp³-hybridized carbons (Fsp3) is 0.786. The summed E-state index contributed by atoms with van der Waals surface area (Å²) in [7, 11) is 0. The minimum Gasteiger partial charge on any atom is -0.396 e.